The fourth-order valence-corrected chi connectivity index (χ4v) is 3.90. The van der Waals surface area contributed by atoms with Crippen LogP contribution >= 0.6 is 11.3 Å². The summed E-state index contributed by atoms with van der Waals surface area (Å²) in [6.45, 7) is -0.0742. The number of amides is 1. The molecule has 4 aromatic heterocycles. The highest BCUT2D eigenvalue weighted by Gasteiger charge is 2.16. The van der Waals surface area contributed by atoms with Crippen molar-refractivity contribution < 1.29 is 9.21 Å². The Labute approximate surface area is 178 Å². The first kappa shape index (κ1) is 18.8. The maximum Gasteiger partial charge on any atom is 0.328 e. The van der Waals surface area contributed by atoms with E-state index in [1.807, 2.05) is 28.2 Å². The summed E-state index contributed by atoms with van der Waals surface area (Å²) in [6.07, 6.45) is 6.39. The predicted octanol–water partition coefficient (Wildman–Crippen LogP) is 2.81. The van der Waals surface area contributed by atoms with Crippen LogP contribution in [0.2, 0.25) is 0 Å². The number of aromatic nitrogens is 4. The van der Waals surface area contributed by atoms with E-state index >= 15 is 0 Å². The lowest BCUT2D eigenvalue weighted by molar-refractivity contribution is 0.102. The Kier molecular flexibility index (Phi) is 4.60. The van der Waals surface area contributed by atoms with Gasteiger partial charge in [-0.2, -0.15) is 0 Å². The van der Waals surface area contributed by atoms with Gasteiger partial charge in [0.2, 0.25) is 0 Å². The monoisotopic (exact) mass is 433 g/mol. The summed E-state index contributed by atoms with van der Waals surface area (Å²) in [5, 5.41) is 4.66. The Morgan fingerprint density at radius 2 is 2.13 bits per heavy atom. The van der Waals surface area contributed by atoms with E-state index in [9.17, 15) is 14.4 Å². The van der Waals surface area contributed by atoms with Crippen molar-refractivity contribution in [1.29, 1.82) is 0 Å². The molecule has 0 unspecified atom stereocenters. The van der Waals surface area contributed by atoms with Crippen molar-refractivity contribution in [2.45, 2.75) is 6.54 Å². The molecule has 0 saturated heterocycles. The predicted molar refractivity (Wildman–Crippen MR) is 116 cm³/mol. The van der Waals surface area contributed by atoms with Crippen LogP contribution in [0.3, 0.4) is 0 Å². The van der Waals surface area contributed by atoms with Gasteiger partial charge in [-0.15, -0.1) is 11.3 Å². The molecule has 9 nitrogen and oxygen atoms in total. The van der Waals surface area contributed by atoms with Gasteiger partial charge < -0.3 is 14.7 Å². The second-order valence-corrected chi connectivity index (χ2v) is 7.61. The van der Waals surface area contributed by atoms with E-state index in [0.29, 0.717) is 11.4 Å². The van der Waals surface area contributed by atoms with E-state index in [2.05, 4.69) is 15.3 Å². The van der Waals surface area contributed by atoms with Crippen LogP contribution in [0.4, 0.5) is 5.69 Å². The van der Waals surface area contributed by atoms with Gasteiger partial charge >= 0.3 is 5.69 Å². The maximum atomic E-state index is 12.8. The Balaban J connectivity index is 1.42. The zero-order valence-electron chi connectivity index (χ0n) is 15.9. The van der Waals surface area contributed by atoms with Crippen LogP contribution in [0.5, 0.6) is 0 Å². The highest BCUT2D eigenvalue weighted by Crippen LogP contribution is 2.24. The van der Waals surface area contributed by atoms with E-state index < -0.39 is 17.2 Å². The van der Waals surface area contributed by atoms with Crippen LogP contribution in [0.25, 0.3) is 16.2 Å². The molecule has 0 aliphatic carbocycles. The molecule has 4 heterocycles. The van der Waals surface area contributed by atoms with Crippen molar-refractivity contribution >= 4 is 27.9 Å². The molecule has 5 rings (SSSR count). The van der Waals surface area contributed by atoms with Crippen LogP contribution < -0.4 is 16.6 Å². The van der Waals surface area contributed by atoms with Crippen molar-refractivity contribution in [3.8, 4) is 11.3 Å². The number of nitrogens with one attached hydrogen (secondary N) is 2. The summed E-state index contributed by atoms with van der Waals surface area (Å²) in [6, 6.07) is 10.5. The van der Waals surface area contributed by atoms with Crippen LogP contribution in [0.15, 0.2) is 80.6 Å². The summed E-state index contributed by atoms with van der Waals surface area (Å²) >= 11 is 1.53. The first-order valence-corrected chi connectivity index (χ1v) is 10.2. The molecule has 1 aromatic carbocycles. The largest absolute Gasteiger partial charge is 0.467 e. The molecule has 0 atom stereocenters. The van der Waals surface area contributed by atoms with E-state index in [1.165, 1.54) is 17.6 Å². The molecule has 0 aliphatic rings. The van der Waals surface area contributed by atoms with Gasteiger partial charge in [-0.1, -0.05) is 12.1 Å². The number of anilines is 1. The number of thiazole rings is 1. The number of H-pyrrole nitrogens is 1. The van der Waals surface area contributed by atoms with Gasteiger partial charge in [0.1, 0.15) is 11.3 Å². The maximum absolute atomic E-state index is 12.8. The molecule has 0 aliphatic heterocycles. The second kappa shape index (κ2) is 7.58. The number of rotatable bonds is 5. The summed E-state index contributed by atoms with van der Waals surface area (Å²) in [7, 11) is 0. The first-order chi connectivity index (χ1) is 15.1. The van der Waals surface area contributed by atoms with Crippen LogP contribution in [0, 0.1) is 0 Å². The number of furan rings is 1. The highest BCUT2D eigenvalue weighted by atomic mass is 32.1. The fraction of sp³-hybridized carbons (Fsp3) is 0.0476. The smallest absolute Gasteiger partial charge is 0.328 e. The molecule has 154 valence electrons. The zero-order chi connectivity index (χ0) is 21.4. The average molecular weight is 433 g/mol. The number of nitrogens with zero attached hydrogens (tertiary/aromatic N) is 3. The van der Waals surface area contributed by atoms with Gasteiger partial charge in [-0.05, 0) is 24.3 Å². The number of aromatic amines is 1. The molecule has 1 amide bonds. The lowest BCUT2D eigenvalue weighted by Gasteiger charge is -2.08. The van der Waals surface area contributed by atoms with Crippen molar-refractivity contribution in [2.75, 3.05) is 5.32 Å². The molecule has 10 heteroatoms. The SMILES string of the molecule is O=C(Nc1cccc(-c2cn3ccsc3n2)c1)c1c[nH]c(=O)n(Cc2ccco2)c1=O. The Bertz CT molecular complexity index is 1480. The molecule has 0 spiro atoms. The van der Waals surface area contributed by atoms with Gasteiger partial charge in [0, 0.05) is 35.2 Å². The minimum Gasteiger partial charge on any atom is -0.467 e. The van der Waals surface area contributed by atoms with Crippen molar-refractivity contribution in [2.24, 2.45) is 0 Å². The molecular formula is C21H15N5O4S. The molecule has 0 saturated carbocycles. The van der Waals surface area contributed by atoms with Gasteiger partial charge in [0.05, 0.1) is 18.5 Å². The van der Waals surface area contributed by atoms with E-state index in [0.717, 1.165) is 27.0 Å². The van der Waals surface area contributed by atoms with E-state index in [-0.39, 0.29) is 12.1 Å². The topological polar surface area (TPSA) is 114 Å². The summed E-state index contributed by atoms with van der Waals surface area (Å²) in [4.78, 5) is 45.4. The number of imidazole rings is 1. The number of carbonyl (C=O) groups excluding carboxylic acids is 1. The zero-order valence-corrected chi connectivity index (χ0v) is 16.8. The van der Waals surface area contributed by atoms with Gasteiger partial charge in [0.25, 0.3) is 11.5 Å². The molecule has 0 bridgehead atoms. The van der Waals surface area contributed by atoms with Crippen LogP contribution in [-0.2, 0) is 6.54 Å². The number of carbonyl (C=O) groups is 1. The number of hydrogen-bond acceptors (Lipinski definition) is 6. The first-order valence-electron chi connectivity index (χ1n) is 9.27. The third-order valence-electron chi connectivity index (χ3n) is 4.71. The van der Waals surface area contributed by atoms with Gasteiger partial charge in [0.15, 0.2) is 4.96 Å². The van der Waals surface area contributed by atoms with E-state index in [4.69, 9.17) is 4.42 Å². The normalized spacial score (nSPS) is 11.1. The molecule has 2 N–H and O–H groups in total. The quantitative estimate of drug-likeness (QED) is 0.442. The molecular weight excluding hydrogens is 418 g/mol. The number of hydrogen-bond donors (Lipinski definition) is 2. The summed E-state index contributed by atoms with van der Waals surface area (Å²) < 4.78 is 8.04. The van der Waals surface area contributed by atoms with E-state index in [1.54, 1.807) is 30.3 Å². The lowest BCUT2D eigenvalue weighted by atomic mass is 10.1. The third kappa shape index (κ3) is 3.60. The van der Waals surface area contributed by atoms with Crippen molar-refractivity contribution in [3.63, 3.8) is 0 Å². The van der Waals surface area contributed by atoms with Crippen LogP contribution in [-0.4, -0.2) is 24.8 Å². The minimum atomic E-state index is -0.705. The Morgan fingerprint density at radius 3 is 2.94 bits per heavy atom. The molecule has 5 aromatic rings. The average Bonchev–Trinajstić information content (AvgIpc) is 3.49. The third-order valence-corrected chi connectivity index (χ3v) is 5.48. The number of benzene rings is 1. The summed E-state index contributed by atoms with van der Waals surface area (Å²) in [5.41, 5.74) is 0.585. The Morgan fingerprint density at radius 1 is 1.23 bits per heavy atom. The second-order valence-electron chi connectivity index (χ2n) is 6.73. The van der Waals surface area contributed by atoms with Gasteiger partial charge in [-0.3, -0.25) is 18.6 Å². The molecule has 0 radical (unpaired) electrons. The van der Waals surface area contributed by atoms with Crippen LogP contribution in [0.1, 0.15) is 16.1 Å². The Hall–Kier alpha value is -4.18. The molecule has 31 heavy (non-hydrogen) atoms. The minimum absolute atomic E-state index is 0.0742. The summed E-state index contributed by atoms with van der Waals surface area (Å²) in [5.74, 6) is -0.199. The fourth-order valence-electron chi connectivity index (χ4n) is 3.20. The standard InChI is InChI=1S/C21H15N5O4S/c27-18(16-10-22-20(29)26(19(16)28)11-15-5-2-7-30-15)23-14-4-1-3-13(9-14)17-12-25-6-8-31-21(25)24-17/h1-10,12H,11H2,(H,22,29)(H,23,27). The lowest BCUT2D eigenvalue weighted by Crippen LogP contribution is -2.39. The highest BCUT2D eigenvalue weighted by molar-refractivity contribution is 7.15. The molecule has 0 fully saturated rings. The number of fused-ring (bicyclic) bond motifs is 1. The van der Waals surface area contributed by atoms with Crippen molar-refractivity contribution in [3.05, 3.63) is 98.8 Å². The van der Waals surface area contributed by atoms with Crippen molar-refractivity contribution in [1.82, 2.24) is 18.9 Å². The van der Waals surface area contributed by atoms with Gasteiger partial charge in [-0.25, -0.2) is 9.78 Å².